The molecule has 216 valence electrons. The monoisotopic (exact) mass is 616 g/mol. The maximum absolute atomic E-state index is 11.6. The van der Waals surface area contributed by atoms with Crippen molar-refractivity contribution >= 4 is 56.8 Å². The third kappa shape index (κ3) is 5.01. The van der Waals surface area contributed by atoms with Gasteiger partial charge in [-0.15, -0.1) is 0 Å². The van der Waals surface area contributed by atoms with Crippen LogP contribution in [0.15, 0.2) is 60.7 Å². The second-order valence-corrected chi connectivity index (χ2v) is 16.0. The molecular weight excluding hydrogens is 589 g/mol. The summed E-state index contributed by atoms with van der Waals surface area (Å²) in [4.78, 5) is 12.6. The molecule has 1 N–H and O–H groups in total. The molecule has 2 aliphatic carbocycles. The lowest BCUT2D eigenvalue weighted by molar-refractivity contribution is -0.152. The molecule has 12 heteroatoms. The van der Waals surface area contributed by atoms with Gasteiger partial charge >= 0.3 is 5.97 Å². The van der Waals surface area contributed by atoms with Crippen molar-refractivity contribution in [2.45, 2.75) is 44.1 Å². The second kappa shape index (κ2) is 10.1. The number of aryl methyl sites for hydroxylation is 2. The van der Waals surface area contributed by atoms with Crippen molar-refractivity contribution in [3.8, 4) is 10.6 Å². The van der Waals surface area contributed by atoms with Crippen LogP contribution in [0.5, 0.6) is 5.75 Å². The highest BCUT2D eigenvalue weighted by atomic mass is 32.2. The smallest absolute Gasteiger partial charge is 0.320 e. The van der Waals surface area contributed by atoms with Crippen molar-refractivity contribution in [3.05, 3.63) is 71.8 Å². The molecule has 5 unspecified atom stereocenters. The first kappa shape index (κ1) is 28.1. The third-order valence-electron chi connectivity index (χ3n) is 8.18. The first-order chi connectivity index (χ1) is 19.3. The Hall–Kier alpha value is -3.03. The molecule has 0 radical (unpaired) electrons. The molecule has 3 fully saturated rings. The van der Waals surface area contributed by atoms with Gasteiger partial charge in [0.1, 0.15) is 33.8 Å². The number of fused-ring (bicyclic) bond motifs is 4. The van der Waals surface area contributed by atoms with Crippen LogP contribution in [0.2, 0.25) is 0 Å². The number of hydrogen-bond acceptors (Lipinski definition) is 9. The molecule has 3 aliphatic rings. The summed E-state index contributed by atoms with van der Waals surface area (Å²) in [6, 6.07) is 21.6. The van der Waals surface area contributed by atoms with E-state index in [1.54, 1.807) is 0 Å². The quantitative estimate of drug-likeness (QED) is 0.150. The van der Waals surface area contributed by atoms with Gasteiger partial charge in [-0.3, -0.25) is 8.98 Å². The van der Waals surface area contributed by atoms with Gasteiger partial charge in [0.2, 0.25) is 0 Å². The second-order valence-electron chi connectivity index (χ2n) is 10.8. The molecule has 2 bridgehead atoms. The van der Waals surface area contributed by atoms with Crippen molar-refractivity contribution in [1.29, 1.82) is 0 Å². The predicted octanol–water partition coefficient (Wildman–Crippen LogP) is 4.63. The lowest BCUT2D eigenvalue weighted by Gasteiger charge is -2.25. The SMILES string of the molecule is Cc1cc(-[s+]2c3ccccc3c3ccccc32)cc(C)c1O.O=C(CS(=O)(=O)[O-])OC1C2CC3C1OS(=O)(=O)C3C2. The van der Waals surface area contributed by atoms with Gasteiger partial charge in [0.15, 0.2) is 14.3 Å². The maximum Gasteiger partial charge on any atom is 0.320 e. The number of benzene rings is 3. The van der Waals surface area contributed by atoms with Crippen LogP contribution in [0.1, 0.15) is 24.0 Å². The topological polar surface area (TPSA) is 147 Å². The van der Waals surface area contributed by atoms with Crippen LogP contribution in [0.25, 0.3) is 25.1 Å². The Bertz CT molecular complexity index is 1830. The summed E-state index contributed by atoms with van der Waals surface area (Å²) in [5.41, 5.74) is 1.90. The molecular formula is C29H28O9S3. The van der Waals surface area contributed by atoms with Crippen LogP contribution in [0, 0.1) is 25.7 Å². The minimum absolute atomic E-state index is 0.0805. The average molecular weight is 617 g/mol. The lowest BCUT2D eigenvalue weighted by atomic mass is 9.94. The van der Waals surface area contributed by atoms with Gasteiger partial charge in [-0.2, -0.15) is 8.42 Å². The Labute approximate surface area is 240 Å². The molecule has 41 heavy (non-hydrogen) atoms. The van der Waals surface area contributed by atoms with E-state index < -0.39 is 49.4 Å². The summed E-state index contributed by atoms with van der Waals surface area (Å²) in [6.07, 6.45) is -0.567. The summed E-state index contributed by atoms with van der Waals surface area (Å²) in [7, 11) is -8.39. The molecule has 1 aromatic heterocycles. The summed E-state index contributed by atoms with van der Waals surface area (Å²) in [5, 5.41) is 12.2. The summed E-state index contributed by atoms with van der Waals surface area (Å²) >= 11 is 0. The highest BCUT2D eigenvalue weighted by Gasteiger charge is 2.65. The summed E-state index contributed by atoms with van der Waals surface area (Å²) in [6.45, 7) is 3.95. The fourth-order valence-electron chi connectivity index (χ4n) is 6.51. The van der Waals surface area contributed by atoms with E-state index in [1.165, 1.54) is 25.1 Å². The van der Waals surface area contributed by atoms with E-state index in [0.717, 1.165) is 11.1 Å². The molecule has 4 aromatic rings. The van der Waals surface area contributed by atoms with Crippen LogP contribution in [0.3, 0.4) is 0 Å². The van der Waals surface area contributed by atoms with E-state index in [-0.39, 0.29) is 22.3 Å². The molecule has 0 spiro atoms. The molecule has 0 amide bonds. The Morgan fingerprint density at radius 3 is 2.15 bits per heavy atom. The van der Waals surface area contributed by atoms with E-state index >= 15 is 0 Å². The van der Waals surface area contributed by atoms with Gasteiger partial charge in [0, 0.05) is 45.2 Å². The van der Waals surface area contributed by atoms with Crippen LogP contribution in [-0.4, -0.2) is 55.7 Å². The number of phenols is 1. The van der Waals surface area contributed by atoms with Crippen molar-refractivity contribution in [3.63, 3.8) is 0 Å². The molecule has 7 rings (SSSR count). The first-order valence-electron chi connectivity index (χ1n) is 13.1. The van der Waals surface area contributed by atoms with Gasteiger partial charge in [-0.25, -0.2) is 8.42 Å². The number of carbonyl (C=O) groups is 1. The van der Waals surface area contributed by atoms with Crippen molar-refractivity contribution < 1.29 is 40.2 Å². The number of hydrogen-bond donors (Lipinski definition) is 1. The minimum Gasteiger partial charge on any atom is -0.748 e. The number of thiophene rings is 1. The fraction of sp³-hybridized carbons (Fsp3) is 0.345. The molecule has 1 aliphatic heterocycles. The zero-order chi connectivity index (χ0) is 29.3. The fourth-order valence-corrected chi connectivity index (χ4v) is 11.3. The van der Waals surface area contributed by atoms with Crippen LogP contribution in [0.4, 0.5) is 0 Å². The third-order valence-corrected chi connectivity index (χ3v) is 12.8. The standard InChI is InChI=1S/C20H16OS.C9H12O8S2/c1-13-11-15(12-14(2)20(13)21)22-18-9-5-3-7-16(18)17-8-4-6-10-19(17)22;10-7(3-18(11,12)13)16-8-4-1-5-6(2-4)19(14,15)17-9(5)8/h3-12H,1-2H3;4-6,8-9H,1-3H2,(H,11,12,13). The van der Waals surface area contributed by atoms with Gasteiger partial charge in [-0.1, -0.05) is 24.3 Å². The van der Waals surface area contributed by atoms with Crippen molar-refractivity contribution in [2.24, 2.45) is 11.8 Å². The molecule has 2 saturated carbocycles. The number of aromatic hydroxyl groups is 1. The number of ether oxygens (including phenoxy) is 1. The zero-order valence-electron chi connectivity index (χ0n) is 22.2. The molecule has 2 heterocycles. The van der Waals surface area contributed by atoms with Gasteiger partial charge in [-0.05, 0) is 62.1 Å². The highest BCUT2D eigenvalue weighted by Crippen LogP contribution is 2.55. The Morgan fingerprint density at radius 2 is 1.59 bits per heavy atom. The highest BCUT2D eigenvalue weighted by molar-refractivity contribution is 7.87. The minimum atomic E-state index is -4.70. The summed E-state index contributed by atoms with van der Waals surface area (Å²) < 4.78 is 67.3. The van der Waals surface area contributed by atoms with Gasteiger partial charge < -0.3 is 14.4 Å². The van der Waals surface area contributed by atoms with Crippen LogP contribution >= 0.6 is 10.5 Å². The van der Waals surface area contributed by atoms with E-state index in [9.17, 15) is 31.3 Å². The zero-order valence-corrected chi connectivity index (χ0v) is 24.7. The Morgan fingerprint density at radius 1 is 1.02 bits per heavy atom. The summed E-state index contributed by atoms with van der Waals surface area (Å²) in [5.74, 6) is -2.33. The number of rotatable bonds is 4. The van der Waals surface area contributed by atoms with Crippen molar-refractivity contribution in [2.75, 3.05) is 5.75 Å². The largest absolute Gasteiger partial charge is 0.748 e. The normalized spacial score (nSPS) is 25.8. The molecule has 3 aromatic carbocycles. The number of phenolic OH excluding ortho intramolecular Hbond substituents is 1. The van der Waals surface area contributed by atoms with Crippen LogP contribution < -0.4 is 0 Å². The van der Waals surface area contributed by atoms with Crippen molar-refractivity contribution in [1.82, 2.24) is 0 Å². The van der Waals surface area contributed by atoms with E-state index in [2.05, 4.69) is 60.7 Å². The molecule has 5 atom stereocenters. The van der Waals surface area contributed by atoms with E-state index in [0.29, 0.717) is 18.6 Å². The predicted molar refractivity (Wildman–Crippen MR) is 155 cm³/mol. The first-order valence-corrected chi connectivity index (χ1v) is 17.4. The van der Waals surface area contributed by atoms with Gasteiger partial charge in [0.05, 0.1) is 5.25 Å². The Balaban J connectivity index is 0.000000149. The molecule has 1 saturated heterocycles. The maximum atomic E-state index is 11.6. The lowest BCUT2D eigenvalue weighted by Crippen LogP contribution is -2.38. The number of esters is 1. The van der Waals surface area contributed by atoms with E-state index in [1.807, 2.05) is 13.8 Å². The Kier molecular flexibility index (Phi) is 6.89. The van der Waals surface area contributed by atoms with Gasteiger partial charge in [0.25, 0.3) is 10.1 Å². The van der Waals surface area contributed by atoms with E-state index in [4.69, 9.17) is 8.92 Å². The molecule has 9 nitrogen and oxygen atoms in total. The number of carbonyl (C=O) groups excluding carboxylic acids is 1. The van der Waals surface area contributed by atoms with Crippen LogP contribution in [-0.2, 0) is 34.0 Å². The average Bonchev–Trinajstić information content (AvgIpc) is 3.60.